The summed E-state index contributed by atoms with van der Waals surface area (Å²) in [5, 5.41) is 2.32. The molecule has 0 atom stereocenters. The van der Waals surface area contributed by atoms with E-state index in [9.17, 15) is 18.5 Å². The maximum atomic E-state index is 14.1. The molecular weight excluding hydrogens is 528 g/mol. The van der Waals surface area contributed by atoms with Crippen LogP contribution in [-0.4, -0.2) is 95.4 Å². The van der Waals surface area contributed by atoms with E-state index in [4.69, 9.17) is 4.74 Å². The molecule has 0 aliphatic carbocycles. The highest BCUT2D eigenvalue weighted by atomic mass is 32.2. The van der Waals surface area contributed by atoms with Crippen molar-refractivity contribution in [1.29, 1.82) is 0 Å². The lowest BCUT2D eigenvalue weighted by atomic mass is 10.0. The van der Waals surface area contributed by atoms with Crippen LogP contribution in [0.25, 0.3) is 6.08 Å². The Kier molecular flexibility index (Phi) is 8.28. The van der Waals surface area contributed by atoms with Crippen molar-refractivity contribution in [3.05, 3.63) is 34.5 Å². The average molecular weight is 564 g/mol. The number of aliphatic imine (C=N–C) groups is 1. The van der Waals surface area contributed by atoms with Gasteiger partial charge >= 0.3 is 6.09 Å². The Labute approximate surface area is 227 Å². The molecule has 0 spiro atoms. The molecule has 0 bridgehead atoms. The predicted molar refractivity (Wildman–Crippen MR) is 148 cm³/mol. The first-order valence-corrected chi connectivity index (χ1v) is 16.7. The molecule has 206 valence electrons. The Balaban J connectivity index is 1.27. The van der Waals surface area contributed by atoms with Gasteiger partial charge in [0.15, 0.2) is 12.5 Å². The Bertz CT molecular complexity index is 1190. The van der Waals surface area contributed by atoms with Crippen LogP contribution in [0.15, 0.2) is 28.1 Å². The van der Waals surface area contributed by atoms with E-state index in [2.05, 4.69) is 9.89 Å². The van der Waals surface area contributed by atoms with Crippen LogP contribution in [0.1, 0.15) is 44.1 Å². The second-order valence-electron chi connectivity index (χ2n) is 10.5. The highest BCUT2D eigenvalue weighted by Gasteiger charge is 2.36. The van der Waals surface area contributed by atoms with E-state index in [1.807, 2.05) is 9.79 Å². The third-order valence-electron chi connectivity index (χ3n) is 7.48. The molecular formula is C26H35FN5O4PS. The number of hydrogen-bond donors (Lipinski definition) is 0. The minimum Gasteiger partial charge on any atom is -0.409 e. The Morgan fingerprint density at radius 1 is 1.08 bits per heavy atom. The smallest absolute Gasteiger partial charge is 0.409 e. The quantitative estimate of drug-likeness (QED) is 0.385. The first-order chi connectivity index (χ1) is 18.2. The van der Waals surface area contributed by atoms with E-state index in [-0.39, 0.29) is 5.75 Å². The molecule has 1 aromatic carbocycles. The van der Waals surface area contributed by atoms with Crippen molar-refractivity contribution in [3.8, 4) is 5.75 Å². The molecule has 4 aliphatic heterocycles. The summed E-state index contributed by atoms with van der Waals surface area (Å²) in [5.74, 6) is -0.893. The van der Waals surface area contributed by atoms with E-state index < -0.39 is 25.1 Å². The van der Waals surface area contributed by atoms with Crippen LogP contribution >= 0.6 is 19.1 Å². The van der Waals surface area contributed by atoms with Gasteiger partial charge in [0.05, 0.1) is 4.91 Å². The summed E-state index contributed by atoms with van der Waals surface area (Å²) in [6.45, 7) is 8.15. The molecule has 0 radical (unpaired) electrons. The van der Waals surface area contributed by atoms with Gasteiger partial charge < -0.3 is 19.1 Å². The highest BCUT2D eigenvalue weighted by molar-refractivity contribution is 8.18. The number of amides is 2. The van der Waals surface area contributed by atoms with Gasteiger partial charge in [-0.1, -0.05) is 0 Å². The molecule has 0 N–H and O–H groups in total. The van der Waals surface area contributed by atoms with E-state index in [1.165, 1.54) is 42.8 Å². The summed E-state index contributed by atoms with van der Waals surface area (Å²) in [5.41, 5.74) is 0.422. The number of rotatable bonds is 4. The predicted octanol–water partition coefficient (Wildman–Crippen LogP) is 4.71. The number of benzene rings is 1. The Hall–Kier alpha value is -2.20. The van der Waals surface area contributed by atoms with Crippen molar-refractivity contribution >= 4 is 42.3 Å². The molecule has 2 amide bonds. The molecule has 9 nitrogen and oxygen atoms in total. The number of thioether (sulfide) groups is 1. The fourth-order valence-corrected chi connectivity index (χ4v) is 7.81. The van der Waals surface area contributed by atoms with Gasteiger partial charge in [-0.2, -0.15) is 9.77 Å². The number of piperidine rings is 1. The van der Waals surface area contributed by atoms with Crippen LogP contribution in [0, 0.1) is 5.82 Å². The maximum absolute atomic E-state index is 14.1. The summed E-state index contributed by atoms with van der Waals surface area (Å²) >= 11 is 1.19. The second kappa shape index (κ2) is 11.5. The van der Waals surface area contributed by atoms with E-state index in [1.54, 1.807) is 24.3 Å². The van der Waals surface area contributed by atoms with Crippen LogP contribution in [0.4, 0.5) is 9.18 Å². The highest BCUT2D eigenvalue weighted by Crippen LogP contribution is 2.46. The normalized spacial score (nSPS) is 23.4. The van der Waals surface area contributed by atoms with Gasteiger partial charge in [-0.15, -0.1) is 0 Å². The van der Waals surface area contributed by atoms with Crippen molar-refractivity contribution in [2.45, 2.75) is 44.6 Å². The molecule has 1 aromatic rings. The fourth-order valence-electron chi connectivity index (χ4n) is 5.49. The largest absolute Gasteiger partial charge is 0.415 e. The molecule has 12 heteroatoms. The topological polar surface area (TPSA) is 85.8 Å². The van der Waals surface area contributed by atoms with Crippen molar-refractivity contribution in [3.63, 3.8) is 0 Å². The number of carbonyl (C=O) groups excluding carboxylic acids is 2. The SMILES string of the molecule is CP(C)(=O)N1CCCCN1C1=NC(=O)/C(=C/c2ccc(F)cc2OC(=O)N2CCC(N3CCCC3)CC2)S1. The van der Waals surface area contributed by atoms with Crippen LogP contribution < -0.4 is 4.74 Å². The molecule has 4 heterocycles. The lowest BCUT2D eigenvalue weighted by Gasteiger charge is -2.41. The van der Waals surface area contributed by atoms with Gasteiger partial charge in [0.1, 0.15) is 11.6 Å². The minimum absolute atomic E-state index is 0.0669. The minimum atomic E-state index is -2.58. The molecule has 4 aliphatic rings. The molecule has 3 fully saturated rings. The Morgan fingerprint density at radius 2 is 1.76 bits per heavy atom. The van der Waals surface area contributed by atoms with Gasteiger partial charge in [-0.3, -0.25) is 9.80 Å². The van der Waals surface area contributed by atoms with E-state index >= 15 is 0 Å². The molecule has 0 aromatic heterocycles. The summed E-state index contributed by atoms with van der Waals surface area (Å²) < 4.78 is 34.4. The lowest BCUT2D eigenvalue weighted by Crippen LogP contribution is -2.46. The second-order valence-corrected chi connectivity index (χ2v) is 14.6. The zero-order valence-corrected chi connectivity index (χ0v) is 23.7. The fraction of sp³-hybridized carbons (Fsp3) is 0.577. The number of ether oxygens (including phenoxy) is 1. The number of likely N-dealkylation sites (tertiary alicyclic amines) is 2. The summed E-state index contributed by atoms with van der Waals surface area (Å²) in [7, 11) is -2.58. The summed E-state index contributed by atoms with van der Waals surface area (Å²) in [4.78, 5) is 34.5. The number of carbonyl (C=O) groups is 2. The maximum Gasteiger partial charge on any atom is 0.415 e. The number of hydrazine groups is 1. The number of nitrogens with zero attached hydrogens (tertiary/aromatic N) is 5. The van der Waals surface area contributed by atoms with Crippen molar-refractivity contribution < 1.29 is 23.3 Å². The third kappa shape index (κ3) is 6.17. The first kappa shape index (κ1) is 27.4. The molecule has 3 saturated heterocycles. The van der Waals surface area contributed by atoms with Gasteiger partial charge in [0.25, 0.3) is 5.91 Å². The van der Waals surface area contributed by atoms with Crippen molar-refractivity contribution in [1.82, 2.24) is 19.6 Å². The first-order valence-electron chi connectivity index (χ1n) is 13.3. The van der Waals surface area contributed by atoms with Crippen molar-refractivity contribution in [2.24, 2.45) is 4.99 Å². The van der Waals surface area contributed by atoms with Crippen LogP contribution in [0.3, 0.4) is 0 Å². The Morgan fingerprint density at radius 3 is 2.47 bits per heavy atom. The van der Waals surface area contributed by atoms with Crippen LogP contribution in [0.2, 0.25) is 0 Å². The zero-order chi connectivity index (χ0) is 26.9. The molecule has 0 saturated carbocycles. The standard InChI is InChI=1S/C26H35FN5O4PS/c1-37(2,35)32-14-6-5-13-31(32)25-28-24(33)23(38-25)17-19-7-8-20(27)18-22(19)36-26(34)30-15-9-21(10-16-30)29-11-3-4-12-29/h7-8,17-18,21H,3-6,9-16H2,1-2H3/b23-17-. The van der Waals surface area contributed by atoms with Gasteiger partial charge in [-0.05, 0) is 81.6 Å². The molecule has 38 heavy (non-hydrogen) atoms. The van der Waals surface area contributed by atoms with Gasteiger partial charge in [-0.25, -0.2) is 9.18 Å². The van der Waals surface area contributed by atoms with Crippen molar-refractivity contribution in [2.75, 3.05) is 52.6 Å². The zero-order valence-electron chi connectivity index (χ0n) is 22.0. The average Bonchev–Trinajstić information content (AvgIpc) is 3.56. The van der Waals surface area contributed by atoms with E-state index in [0.717, 1.165) is 38.8 Å². The molecule has 0 unspecified atom stereocenters. The van der Waals surface area contributed by atoms with Crippen LogP contribution in [-0.2, 0) is 9.36 Å². The van der Waals surface area contributed by atoms with E-state index in [0.29, 0.717) is 47.9 Å². The number of halogens is 1. The number of hydrogen-bond acceptors (Lipinski definition) is 7. The monoisotopic (exact) mass is 563 g/mol. The van der Waals surface area contributed by atoms with Gasteiger partial charge in [0.2, 0.25) is 0 Å². The molecule has 5 rings (SSSR count). The lowest BCUT2D eigenvalue weighted by molar-refractivity contribution is -0.113. The van der Waals surface area contributed by atoms with Gasteiger partial charge in [0, 0.05) is 57.2 Å². The third-order valence-corrected chi connectivity index (χ3v) is 10.0. The summed E-state index contributed by atoms with van der Waals surface area (Å²) in [6, 6.07) is 4.44. The number of amidine groups is 1. The summed E-state index contributed by atoms with van der Waals surface area (Å²) in [6.07, 6.45) is 7.18. The van der Waals surface area contributed by atoms with Crippen LogP contribution in [0.5, 0.6) is 5.75 Å².